The first-order chi connectivity index (χ1) is 8.77. The second kappa shape index (κ2) is 6.21. The fraction of sp³-hybridized carbons (Fsp3) is 0.600. The molecule has 1 unspecified atom stereocenters. The highest BCUT2D eigenvalue weighted by Crippen LogP contribution is 2.27. The molecular formula is C15H24N2O. The molecule has 1 atom stereocenters. The Morgan fingerprint density at radius 2 is 2.06 bits per heavy atom. The van der Waals surface area contributed by atoms with Crippen molar-refractivity contribution >= 4 is 0 Å². The standard InChI is InChI=1S/C15H24N2O/c1-16-12-15(10-6-7-11-17(15)2)13-18-14-8-4-3-5-9-14/h3-5,8-9,16H,6-7,10-13H2,1-2H3. The van der Waals surface area contributed by atoms with Crippen molar-refractivity contribution in [3.8, 4) is 5.75 Å². The number of rotatable bonds is 5. The molecule has 3 nitrogen and oxygen atoms in total. The summed E-state index contributed by atoms with van der Waals surface area (Å²) in [5, 5.41) is 3.32. The summed E-state index contributed by atoms with van der Waals surface area (Å²) >= 11 is 0. The third kappa shape index (κ3) is 3.03. The van der Waals surface area contributed by atoms with Crippen molar-refractivity contribution in [1.82, 2.24) is 10.2 Å². The maximum Gasteiger partial charge on any atom is 0.119 e. The van der Waals surface area contributed by atoms with E-state index in [-0.39, 0.29) is 5.54 Å². The Labute approximate surface area is 110 Å². The molecule has 0 radical (unpaired) electrons. The number of nitrogens with one attached hydrogen (secondary N) is 1. The fourth-order valence-corrected chi connectivity index (χ4v) is 2.75. The van der Waals surface area contributed by atoms with Crippen molar-refractivity contribution in [1.29, 1.82) is 0 Å². The second-order valence-corrected chi connectivity index (χ2v) is 5.24. The maximum atomic E-state index is 5.99. The van der Waals surface area contributed by atoms with Gasteiger partial charge in [0.05, 0.1) is 5.54 Å². The van der Waals surface area contributed by atoms with Gasteiger partial charge >= 0.3 is 0 Å². The Morgan fingerprint density at radius 3 is 2.72 bits per heavy atom. The number of piperidine rings is 1. The van der Waals surface area contributed by atoms with Gasteiger partial charge in [0.15, 0.2) is 0 Å². The lowest BCUT2D eigenvalue weighted by molar-refractivity contribution is 0.0287. The van der Waals surface area contributed by atoms with E-state index in [9.17, 15) is 0 Å². The van der Waals surface area contributed by atoms with Gasteiger partial charge in [-0.1, -0.05) is 24.6 Å². The van der Waals surface area contributed by atoms with Gasteiger partial charge in [0.25, 0.3) is 0 Å². The van der Waals surface area contributed by atoms with Gasteiger partial charge in [0.2, 0.25) is 0 Å². The average molecular weight is 248 g/mol. The number of benzene rings is 1. The van der Waals surface area contributed by atoms with Gasteiger partial charge in [0.1, 0.15) is 12.4 Å². The molecule has 0 aliphatic carbocycles. The highest BCUT2D eigenvalue weighted by molar-refractivity contribution is 5.21. The van der Waals surface area contributed by atoms with Crippen LogP contribution in [0.3, 0.4) is 0 Å². The smallest absolute Gasteiger partial charge is 0.119 e. The molecule has 1 heterocycles. The predicted octanol–water partition coefficient (Wildman–Crippen LogP) is 2.14. The van der Waals surface area contributed by atoms with E-state index in [2.05, 4.69) is 17.3 Å². The van der Waals surface area contributed by atoms with Crippen molar-refractivity contribution in [2.75, 3.05) is 33.8 Å². The predicted molar refractivity (Wildman–Crippen MR) is 75.1 cm³/mol. The normalized spacial score (nSPS) is 25.0. The molecule has 1 aromatic rings. The number of para-hydroxylation sites is 1. The molecule has 1 aromatic carbocycles. The minimum absolute atomic E-state index is 0.142. The summed E-state index contributed by atoms with van der Waals surface area (Å²) in [6.07, 6.45) is 3.80. The Kier molecular flexibility index (Phi) is 4.61. The third-order valence-electron chi connectivity index (χ3n) is 3.95. The van der Waals surface area contributed by atoms with Crippen molar-refractivity contribution in [2.24, 2.45) is 0 Å². The van der Waals surface area contributed by atoms with E-state index in [4.69, 9.17) is 4.74 Å². The van der Waals surface area contributed by atoms with Crippen molar-refractivity contribution < 1.29 is 4.74 Å². The van der Waals surface area contributed by atoms with Crippen LogP contribution in [0, 0.1) is 0 Å². The molecule has 0 spiro atoms. The molecule has 2 rings (SSSR count). The minimum Gasteiger partial charge on any atom is -0.492 e. The maximum absolute atomic E-state index is 5.99. The van der Waals surface area contributed by atoms with Crippen molar-refractivity contribution in [3.63, 3.8) is 0 Å². The summed E-state index contributed by atoms with van der Waals surface area (Å²) in [4.78, 5) is 2.45. The number of hydrogen-bond donors (Lipinski definition) is 1. The van der Waals surface area contributed by atoms with Crippen LogP contribution in [-0.2, 0) is 0 Å². The number of hydrogen-bond acceptors (Lipinski definition) is 3. The molecule has 1 fully saturated rings. The zero-order chi connectivity index (χ0) is 12.8. The largest absolute Gasteiger partial charge is 0.492 e. The summed E-state index contributed by atoms with van der Waals surface area (Å²) in [7, 11) is 4.23. The van der Waals surface area contributed by atoms with Gasteiger partial charge in [-0.2, -0.15) is 0 Å². The number of nitrogens with zero attached hydrogens (tertiary/aromatic N) is 1. The molecule has 0 aromatic heterocycles. The van der Waals surface area contributed by atoms with Crippen LogP contribution in [0.25, 0.3) is 0 Å². The molecule has 18 heavy (non-hydrogen) atoms. The average Bonchev–Trinajstić information content (AvgIpc) is 2.41. The zero-order valence-electron chi connectivity index (χ0n) is 11.5. The summed E-state index contributed by atoms with van der Waals surface area (Å²) in [6.45, 7) is 2.91. The molecule has 3 heteroatoms. The van der Waals surface area contributed by atoms with E-state index in [1.54, 1.807) is 0 Å². The van der Waals surface area contributed by atoms with Crippen molar-refractivity contribution in [2.45, 2.75) is 24.8 Å². The molecular weight excluding hydrogens is 224 g/mol. The SMILES string of the molecule is CNCC1(COc2ccccc2)CCCCN1C. The molecule has 0 saturated carbocycles. The van der Waals surface area contributed by atoms with Gasteiger partial charge in [-0.05, 0) is 45.6 Å². The third-order valence-corrected chi connectivity index (χ3v) is 3.95. The Morgan fingerprint density at radius 1 is 1.28 bits per heavy atom. The molecule has 0 amide bonds. The van der Waals surface area contributed by atoms with E-state index < -0.39 is 0 Å². The Balaban J connectivity index is 2.01. The van der Waals surface area contributed by atoms with Crippen molar-refractivity contribution in [3.05, 3.63) is 30.3 Å². The molecule has 1 N–H and O–H groups in total. The number of likely N-dealkylation sites (N-methyl/N-ethyl adjacent to an activating group) is 2. The summed E-state index contributed by atoms with van der Waals surface area (Å²) in [5.74, 6) is 0.965. The van der Waals surface area contributed by atoms with Crippen LogP contribution in [0.2, 0.25) is 0 Å². The lowest BCUT2D eigenvalue weighted by Crippen LogP contribution is -2.58. The van der Waals surface area contributed by atoms with E-state index in [0.29, 0.717) is 0 Å². The number of likely N-dealkylation sites (tertiary alicyclic amines) is 1. The van der Waals surface area contributed by atoms with Gasteiger partial charge in [-0.25, -0.2) is 0 Å². The van der Waals surface area contributed by atoms with Crippen LogP contribution in [0.4, 0.5) is 0 Å². The lowest BCUT2D eigenvalue weighted by atomic mass is 9.87. The van der Waals surface area contributed by atoms with E-state index in [0.717, 1.165) is 18.9 Å². The zero-order valence-corrected chi connectivity index (χ0v) is 11.5. The van der Waals surface area contributed by atoms with Gasteiger partial charge in [0, 0.05) is 6.54 Å². The van der Waals surface area contributed by atoms with Crippen LogP contribution in [0.1, 0.15) is 19.3 Å². The fourth-order valence-electron chi connectivity index (χ4n) is 2.75. The van der Waals surface area contributed by atoms with Crippen LogP contribution < -0.4 is 10.1 Å². The number of ether oxygens (including phenoxy) is 1. The Hall–Kier alpha value is -1.06. The van der Waals surface area contributed by atoms with Crippen LogP contribution >= 0.6 is 0 Å². The monoisotopic (exact) mass is 248 g/mol. The first-order valence-electron chi connectivity index (χ1n) is 6.80. The second-order valence-electron chi connectivity index (χ2n) is 5.24. The molecule has 0 bridgehead atoms. The lowest BCUT2D eigenvalue weighted by Gasteiger charge is -2.45. The summed E-state index contributed by atoms with van der Waals surface area (Å²) < 4.78 is 5.99. The molecule has 1 aliphatic heterocycles. The Bertz CT molecular complexity index is 351. The van der Waals surface area contributed by atoms with E-state index >= 15 is 0 Å². The topological polar surface area (TPSA) is 24.5 Å². The van der Waals surface area contributed by atoms with Gasteiger partial charge in [-0.15, -0.1) is 0 Å². The van der Waals surface area contributed by atoms with Crippen LogP contribution in [0.15, 0.2) is 30.3 Å². The van der Waals surface area contributed by atoms with E-state index in [1.165, 1.54) is 25.8 Å². The van der Waals surface area contributed by atoms with E-state index in [1.807, 2.05) is 37.4 Å². The summed E-state index contributed by atoms with van der Waals surface area (Å²) in [5.41, 5.74) is 0.142. The molecule has 100 valence electrons. The first kappa shape index (κ1) is 13.4. The molecule has 1 aliphatic rings. The summed E-state index contributed by atoms with van der Waals surface area (Å²) in [6, 6.07) is 10.1. The minimum atomic E-state index is 0.142. The highest BCUT2D eigenvalue weighted by Gasteiger charge is 2.36. The highest BCUT2D eigenvalue weighted by atomic mass is 16.5. The molecule has 1 saturated heterocycles. The van der Waals surface area contributed by atoms with Gasteiger partial charge < -0.3 is 10.1 Å². The van der Waals surface area contributed by atoms with Gasteiger partial charge in [-0.3, -0.25) is 4.90 Å². The van der Waals surface area contributed by atoms with Crippen LogP contribution in [0.5, 0.6) is 5.75 Å². The first-order valence-corrected chi connectivity index (χ1v) is 6.80. The quantitative estimate of drug-likeness (QED) is 0.864. The van der Waals surface area contributed by atoms with Crippen LogP contribution in [-0.4, -0.2) is 44.2 Å².